The predicted octanol–water partition coefficient (Wildman–Crippen LogP) is 2.34. The number of carbonyl (C=O) groups is 1. The Morgan fingerprint density at radius 1 is 1.43 bits per heavy atom. The summed E-state index contributed by atoms with van der Waals surface area (Å²) in [5, 5.41) is 8.45. The van der Waals surface area contributed by atoms with Crippen LogP contribution in [0.1, 0.15) is 35.8 Å². The maximum absolute atomic E-state index is 12.6. The van der Waals surface area contributed by atoms with Crippen LogP contribution in [0.3, 0.4) is 0 Å². The Bertz CT molecular complexity index is 706. The first-order valence-corrected chi connectivity index (χ1v) is 8.52. The first-order chi connectivity index (χ1) is 11.1. The molecule has 1 fully saturated rings. The van der Waals surface area contributed by atoms with E-state index < -0.39 is 0 Å². The average molecular weight is 314 g/mol. The first-order valence-electron chi connectivity index (χ1n) is 8.52. The summed E-state index contributed by atoms with van der Waals surface area (Å²) in [5.74, 6) is 0.485. The van der Waals surface area contributed by atoms with Crippen molar-refractivity contribution in [2.45, 2.75) is 26.7 Å². The number of nitrogens with zero attached hydrogens (tertiary/aromatic N) is 3. The van der Waals surface area contributed by atoms with Crippen LogP contribution in [0.2, 0.25) is 0 Å². The van der Waals surface area contributed by atoms with Crippen LogP contribution in [0.25, 0.3) is 10.9 Å². The quantitative estimate of drug-likeness (QED) is 0.942. The lowest BCUT2D eigenvalue weighted by atomic mass is 9.98. The maximum atomic E-state index is 12.6. The average Bonchev–Trinajstić information content (AvgIpc) is 2.89. The number of hydrogen-bond acceptors (Lipinski definition) is 3. The Balaban J connectivity index is 1.70. The molecular weight excluding hydrogens is 288 g/mol. The van der Waals surface area contributed by atoms with Gasteiger partial charge in [-0.05, 0) is 50.9 Å². The van der Waals surface area contributed by atoms with Crippen LogP contribution >= 0.6 is 0 Å². The van der Waals surface area contributed by atoms with Gasteiger partial charge in [0.2, 0.25) is 0 Å². The zero-order valence-corrected chi connectivity index (χ0v) is 14.3. The van der Waals surface area contributed by atoms with Gasteiger partial charge in [-0.25, -0.2) is 0 Å². The molecule has 5 nitrogen and oxygen atoms in total. The smallest absolute Gasteiger partial charge is 0.272 e. The highest BCUT2D eigenvalue weighted by molar-refractivity contribution is 6.05. The van der Waals surface area contributed by atoms with Gasteiger partial charge in [0.1, 0.15) is 0 Å². The fourth-order valence-corrected chi connectivity index (χ4v) is 3.47. The molecule has 2 heterocycles. The SMILES string of the molecule is CCN1CCCC(CNC(=O)c2nn(C)c3ccc(C)cc23)C1. The number of nitrogens with one attached hydrogen (secondary N) is 1. The first kappa shape index (κ1) is 16.0. The van der Waals surface area contributed by atoms with Gasteiger partial charge in [0.25, 0.3) is 5.91 Å². The minimum absolute atomic E-state index is 0.0604. The summed E-state index contributed by atoms with van der Waals surface area (Å²) < 4.78 is 1.78. The van der Waals surface area contributed by atoms with Crippen LogP contribution in [0, 0.1) is 12.8 Å². The van der Waals surface area contributed by atoms with Crippen LogP contribution in [0.5, 0.6) is 0 Å². The monoisotopic (exact) mass is 314 g/mol. The Hall–Kier alpha value is -1.88. The van der Waals surface area contributed by atoms with Crippen molar-refractivity contribution in [3.05, 3.63) is 29.5 Å². The van der Waals surface area contributed by atoms with Crippen molar-refractivity contribution in [3.63, 3.8) is 0 Å². The number of benzene rings is 1. The second kappa shape index (κ2) is 6.71. The third-order valence-corrected chi connectivity index (χ3v) is 4.82. The van der Waals surface area contributed by atoms with Crippen molar-refractivity contribution in [1.82, 2.24) is 20.0 Å². The van der Waals surface area contributed by atoms with Crippen LogP contribution < -0.4 is 5.32 Å². The number of hydrogen-bond donors (Lipinski definition) is 1. The zero-order chi connectivity index (χ0) is 16.4. The third-order valence-electron chi connectivity index (χ3n) is 4.82. The van der Waals surface area contributed by atoms with Crippen LogP contribution in [0.15, 0.2) is 18.2 Å². The van der Waals surface area contributed by atoms with E-state index in [4.69, 9.17) is 0 Å². The normalized spacial score (nSPS) is 19.2. The molecular formula is C18H26N4O. The zero-order valence-electron chi connectivity index (χ0n) is 14.3. The number of amides is 1. The molecule has 0 aliphatic carbocycles. The molecule has 5 heteroatoms. The Morgan fingerprint density at radius 3 is 3.04 bits per heavy atom. The number of carbonyl (C=O) groups excluding carboxylic acids is 1. The molecule has 124 valence electrons. The Labute approximate surface area is 137 Å². The molecule has 23 heavy (non-hydrogen) atoms. The molecule has 0 radical (unpaired) electrons. The summed E-state index contributed by atoms with van der Waals surface area (Å²) in [4.78, 5) is 15.0. The summed E-state index contributed by atoms with van der Waals surface area (Å²) in [6.07, 6.45) is 2.42. The molecule has 2 aromatic rings. The minimum Gasteiger partial charge on any atom is -0.350 e. The lowest BCUT2D eigenvalue weighted by Crippen LogP contribution is -2.40. The number of aromatic nitrogens is 2. The van der Waals surface area contributed by atoms with E-state index in [1.165, 1.54) is 19.4 Å². The van der Waals surface area contributed by atoms with Crippen molar-refractivity contribution in [2.75, 3.05) is 26.2 Å². The third kappa shape index (κ3) is 3.39. The van der Waals surface area contributed by atoms with Gasteiger partial charge < -0.3 is 10.2 Å². The van der Waals surface area contributed by atoms with Gasteiger partial charge in [0.05, 0.1) is 5.52 Å². The molecule has 1 N–H and O–H groups in total. The molecule has 1 aliphatic heterocycles. The number of likely N-dealkylation sites (tertiary alicyclic amines) is 1. The summed E-state index contributed by atoms with van der Waals surface area (Å²) in [5.41, 5.74) is 2.68. The second-order valence-corrected chi connectivity index (χ2v) is 6.60. The highest BCUT2D eigenvalue weighted by atomic mass is 16.1. The van der Waals surface area contributed by atoms with Crippen molar-refractivity contribution < 1.29 is 4.79 Å². The molecule has 1 aromatic carbocycles. The minimum atomic E-state index is -0.0604. The second-order valence-electron chi connectivity index (χ2n) is 6.60. The molecule has 1 atom stereocenters. The molecule has 0 saturated carbocycles. The van der Waals surface area contributed by atoms with E-state index in [9.17, 15) is 4.79 Å². The molecule has 1 amide bonds. The van der Waals surface area contributed by atoms with E-state index in [1.807, 2.05) is 32.2 Å². The van der Waals surface area contributed by atoms with Gasteiger partial charge >= 0.3 is 0 Å². The van der Waals surface area contributed by atoms with E-state index >= 15 is 0 Å². The summed E-state index contributed by atoms with van der Waals surface area (Å²) in [7, 11) is 1.88. The van der Waals surface area contributed by atoms with Crippen LogP contribution in [-0.4, -0.2) is 46.8 Å². The van der Waals surface area contributed by atoms with Gasteiger partial charge in [-0.3, -0.25) is 9.48 Å². The highest BCUT2D eigenvalue weighted by Gasteiger charge is 2.21. The Morgan fingerprint density at radius 2 is 2.26 bits per heavy atom. The number of rotatable bonds is 4. The molecule has 1 unspecified atom stereocenters. The molecule has 0 bridgehead atoms. The van der Waals surface area contributed by atoms with Crippen molar-refractivity contribution in [1.29, 1.82) is 0 Å². The Kier molecular flexibility index (Phi) is 4.66. The van der Waals surface area contributed by atoms with E-state index in [0.29, 0.717) is 11.6 Å². The largest absolute Gasteiger partial charge is 0.350 e. The molecule has 1 aliphatic rings. The summed E-state index contributed by atoms with van der Waals surface area (Å²) in [6, 6.07) is 6.11. The molecule has 0 spiro atoms. The lowest BCUT2D eigenvalue weighted by molar-refractivity contribution is 0.0929. The molecule has 1 saturated heterocycles. The highest BCUT2D eigenvalue weighted by Crippen LogP contribution is 2.20. The van der Waals surface area contributed by atoms with Gasteiger partial charge in [0, 0.05) is 25.5 Å². The van der Waals surface area contributed by atoms with Gasteiger partial charge in [-0.1, -0.05) is 18.6 Å². The summed E-state index contributed by atoms with van der Waals surface area (Å²) >= 11 is 0. The van der Waals surface area contributed by atoms with E-state index in [0.717, 1.165) is 36.1 Å². The molecule has 3 rings (SSSR count). The van der Waals surface area contributed by atoms with Gasteiger partial charge in [-0.2, -0.15) is 5.10 Å². The topological polar surface area (TPSA) is 50.2 Å². The maximum Gasteiger partial charge on any atom is 0.272 e. The van der Waals surface area contributed by atoms with Gasteiger partial charge in [-0.15, -0.1) is 0 Å². The predicted molar refractivity (Wildman–Crippen MR) is 92.6 cm³/mol. The van der Waals surface area contributed by atoms with Gasteiger partial charge in [0.15, 0.2) is 5.69 Å². The fraction of sp³-hybridized carbons (Fsp3) is 0.556. The number of piperidine rings is 1. The molecule has 1 aromatic heterocycles. The van der Waals surface area contributed by atoms with E-state index in [-0.39, 0.29) is 5.91 Å². The van der Waals surface area contributed by atoms with Crippen LogP contribution in [0.4, 0.5) is 0 Å². The van der Waals surface area contributed by atoms with E-state index in [2.05, 4.69) is 22.2 Å². The van der Waals surface area contributed by atoms with Crippen molar-refractivity contribution in [3.8, 4) is 0 Å². The van der Waals surface area contributed by atoms with Crippen molar-refractivity contribution in [2.24, 2.45) is 13.0 Å². The number of fused-ring (bicyclic) bond motifs is 1. The standard InChI is InChI=1S/C18H26N4O/c1-4-22-9-5-6-14(12-22)11-19-18(23)17-15-10-13(2)7-8-16(15)21(3)20-17/h7-8,10,14H,4-6,9,11-12H2,1-3H3,(H,19,23). The van der Waals surface area contributed by atoms with Crippen LogP contribution in [-0.2, 0) is 7.05 Å². The lowest BCUT2D eigenvalue weighted by Gasteiger charge is -2.31. The van der Waals surface area contributed by atoms with E-state index in [1.54, 1.807) is 4.68 Å². The summed E-state index contributed by atoms with van der Waals surface area (Å²) in [6.45, 7) is 8.33. The number of aryl methyl sites for hydroxylation is 2. The fourth-order valence-electron chi connectivity index (χ4n) is 3.47. The van der Waals surface area contributed by atoms with Crippen molar-refractivity contribution >= 4 is 16.8 Å².